The molecule has 0 unspecified atom stereocenters. The summed E-state index contributed by atoms with van der Waals surface area (Å²) in [6.45, 7) is 0.500. The van der Waals surface area contributed by atoms with Gasteiger partial charge in [0.25, 0.3) is 0 Å². The van der Waals surface area contributed by atoms with E-state index in [-0.39, 0.29) is 30.5 Å². The smallest absolute Gasteiger partial charge is 0.222 e. The number of aliphatic hydroxyl groups is 1. The van der Waals surface area contributed by atoms with E-state index in [1.54, 1.807) is 42.9 Å². The average Bonchev–Trinajstić information content (AvgIpc) is 3.09. The van der Waals surface area contributed by atoms with E-state index in [2.05, 4.69) is 36.2 Å². The number of pyridine rings is 1. The molecule has 4 rings (SSSR count). The molecule has 0 radical (unpaired) electrons. The number of Topliss-reactive ketones (excluding diaryl/α,β-unsaturated/α-hetero) is 1. The molecule has 0 aliphatic carbocycles. The number of phenolic OH excluding ortho intramolecular Hbond substituents is 1. The van der Waals surface area contributed by atoms with Crippen LogP contribution in [0.2, 0.25) is 0 Å². The topological polar surface area (TPSA) is 117 Å². The van der Waals surface area contributed by atoms with Gasteiger partial charge in [-0.2, -0.15) is 0 Å². The quantitative estimate of drug-likeness (QED) is 0.417. The van der Waals surface area contributed by atoms with E-state index in [0.29, 0.717) is 43.6 Å². The summed E-state index contributed by atoms with van der Waals surface area (Å²) in [7, 11) is 0. The van der Waals surface area contributed by atoms with Gasteiger partial charge in [-0.3, -0.25) is 4.79 Å². The number of thioether (sulfide) groups is 1. The van der Waals surface area contributed by atoms with Gasteiger partial charge in [-0.15, -0.1) is 0 Å². The lowest BCUT2D eigenvalue weighted by molar-refractivity contribution is 0.104. The minimum atomic E-state index is -0.0809. The van der Waals surface area contributed by atoms with Gasteiger partial charge in [0.1, 0.15) is 11.6 Å². The monoisotopic (exact) mass is 500 g/mol. The lowest BCUT2D eigenvalue weighted by Gasteiger charge is -2.11. The van der Waals surface area contributed by atoms with Crippen LogP contribution in [0.25, 0.3) is 6.08 Å². The van der Waals surface area contributed by atoms with Crippen molar-refractivity contribution < 1.29 is 19.7 Å². The fourth-order valence-electron chi connectivity index (χ4n) is 2.80. The van der Waals surface area contributed by atoms with Crippen LogP contribution in [0.3, 0.4) is 0 Å². The Bertz CT molecular complexity index is 1150. The molecule has 8 nitrogen and oxygen atoms in total. The van der Waals surface area contributed by atoms with Gasteiger partial charge >= 0.3 is 0 Å². The number of carbonyl (C=O) groups is 1. The second kappa shape index (κ2) is 9.46. The van der Waals surface area contributed by atoms with E-state index < -0.39 is 0 Å². The number of nitrogens with zero attached hydrogens (tertiary/aromatic N) is 3. The maximum atomic E-state index is 12.6. The summed E-state index contributed by atoms with van der Waals surface area (Å²) in [5, 5.41) is 22.6. The highest BCUT2D eigenvalue weighted by Crippen LogP contribution is 2.41. The predicted molar refractivity (Wildman–Crippen MR) is 120 cm³/mol. The molecule has 0 bridgehead atoms. The Morgan fingerprint density at radius 1 is 1.23 bits per heavy atom. The maximum absolute atomic E-state index is 12.6. The lowest BCUT2D eigenvalue weighted by Crippen LogP contribution is -2.09. The molecular weight excluding hydrogens is 484 g/mol. The van der Waals surface area contributed by atoms with E-state index in [4.69, 9.17) is 9.84 Å². The summed E-state index contributed by atoms with van der Waals surface area (Å²) in [5.74, 6) is 0.560. The van der Waals surface area contributed by atoms with Crippen molar-refractivity contribution in [2.24, 2.45) is 0 Å². The van der Waals surface area contributed by atoms with Crippen molar-refractivity contribution in [3.05, 3.63) is 68.9 Å². The number of ketones is 1. The second-order valence-electron chi connectivity index (χ2n) is 6.49. The van der Waals surface area contributed by atoms with Crippen LogP contribution in [0.1, 0.15) is 21.5 Å². The molecule has 0 amide bonds. The minimum Gasteiger partial charge on any atom is -0.504 e. The van der Waals surface area contributed by atoms with E-state index >= 15 is 0 Å². The second-order valence-corrected chi connectivity index (χ2v) is 8.38. The van der Waals surface area contributed by atoms with Crippen LogP contribution in [0.4, 0.5) is 5.95 Å². The predicted octanol–water partition coefficient (Wildman–Crippen LogP) is 3.65. The van der Waals surface area contributed by atoms with Gasteiger partial charge in [0.2, 0.25) is 11.7 Å². The fraction of sp³-hybridized carbons (Fsp3) is 0.143. The first-order valence-corrected chi connectivity index (χ1v) is 10.9. The normalized spacial score (nSPS) is 14.0. The third-order valence-corrected chi connectivity index (χ3v) is 6.03. The number of aromatic nitrogens is 3. The average molecular weight is 501 g/mol. The van der Waals surface area contributed by atoms with Crippen molar-refractivity contribution in [1.29, 1.82) is 0 Å². The highest BCUT2D eigenvalue weighted by molar-refractivity contribution is 9.10. The van der Waals surface area contributed by atoms with E-state index in [1.165, 1.54) is 17.8 Å². The summed E-state index contributed by atoms with van der Waals surface area (Å²) in [4.78, 5) is 25.7. The standard InChI is InChI=1S/C21H17BrN4O4S/c22-15-8-16(28)17(30-11-12-9-25-21(26-10-12)24-4-5-27)6-13(15)7-18-19(29)14-2-1-3-23-20(14)31-18/h1-3,6-10,27-28H,4-5,11H2,(H,24,25,26)/b18-7-. The number of benzene rings is 1. The number of hydrogen-bond acceptors (Lipinski definition) is 9. The number of anilines is 1. The molecule has 31 heavy (non-hydrogen) atoms. The van der Waals surface area contributed by atoms with E-state index in [0.717, 1.165) is 0 Å². The van der Waals surface area contributed by atoms with Crippen LogP contribution >= 0.6 is 27.7 Å². The first kappa shape index (κ1) is 21.3. The van der Waals surface area contributed by atoms with Crippen LogP contribution in [0.5, 0.6) is 11.5 Å². The van der Waals surface area contributed by atoms with Crippen LogP contribution in [0.15, 0.2) is 57.3 Å². The molecule has 0 saturated heterocycles. The Balaban J connectivity index is 1.50. The largest absolute Gasteiger partial charge is 0.504 e. The zero-order valence-corrected chi connectivity index (χ0v) is 18.5. The summed E-state index contributed by atoms with van der Waals surface area (Å²) in [6, 6.07) is 6.68. The lowest BCUT2D eigenvalue weighted by atomic mass is 10.1. The summed E-state index contributed by atoms with van der Waals surface area (Å²) < 4.78 is 6.38. The summed E-state index contributed by atoms with van der Waals surface area (Å²) >= 11 is 4.74. The zero-order valence-electron chi connectivity index (χ0n) is 16.1. The van der Waals surface area contributed by atoms with Crippen LogP contribution in [-0.4, -0.2) is 44.1 Å². The van der Waals surface area contributed by atoms with Gasteiger partial charge in [-0.1, -0.05) is 27.7 Å². The molecule has 3 heterocycles. The number of aliphatic hydroxyl groups excluding tert-OH is 1. The molecule has 0 saturated carbocycles. The van der Waals surface area contributed by atoms with Gasteiger partial charge in [-0.05, 0) is 35.9 Å². The Hall–Kier alpha value is -2.95. The van der Waals surface area contributed by atoms with Gasteiger partial charge in [0.05, 0.1) is 17.1 Å². The number of fused-ring (bicyclic) bond motifs is 1. The van der Waals surface area contributed by atoms with E-state index in [1.807, 2.05) is 0 Å². The first-order chi connectivity index (χ1) is 15.0. The third kappa shape index (κ3) is 4.87. The van der Waals surface area contributed by atoms with Crippen LogP contribution < -0.4 is 10.1 Å². The minimum absolute atomic E-state index is 0.0116. The number of nitrogens with one attached hydrogen (secondary N) is 1. The van der Waals surface area contributed by atoms with Crippen molar-refractivity contribution in [3.8, 4) is 11.5 Å². The van der Waals surface area contributed by atoms with Crippen LogP contribution in [0, 0.1) is 0 Å². The number of hydrogen-bond donors (Lipinski definition) is 3. The molecule has 3 N–H and O–H groups in total. The number of rotatable bonds is 7. The van der Waals surface area contributed by atoms with Crippen LogP contribution in [-0.2, 0) is 6.61 Å². The van der Waals surface area contributed by atoms with Gasteiger partial charge in [0, 0.05) is 35.2 Å². The number of ether oxygens (including phenoxy) is 1. The Kier molecular flexibility index (Phi) is 6.50. The molecule has 1 aromatic carbocycles. The molecule has 158 valence electrons. The highest BCUT2D eigenvalue weighted by Gasteiger charge is 2.27. The molecule has 1 aliphatic heterocycles. The molecule has 1 aliphatic rings. The highest BCUT2D eigenvalue weighted by atomic mass is 79.9. The summed E-state index contributed by atoms with van der Waals surface area (Å²) in [5.41, 5.74) is 1.98. The third-order valence-electron chi connectivity index (χ3n) is 4.31. The van der Waals surface area contributed by atoms with Crippen molar-refractivity contribution in [3.63, 3.8) is 0 Å². The van der Waals surface area contributed by atoms with Crippen molar-refractivity contribution in [1.82, 2.24) is 15.0 Å². The van der Waals surface area contributed by atoms with Crippen molar-refractivity contribution >= 4 is 45.5 Å². The fourth-order valence-corrected chi connectivity index (χ4v) is 4.23. The molecule has 3 aromatic rings. The number of carbonyl (C=O) groups excluding carboxylic acids is 1. The molecule has 0 spiro atoms. The number of aromatic hydroxyl groups is 1. The van der Waals surface area contributed by atoms with Crippen molar-refractivity contribution in [2.75, 3.05) is 18.5 Å². The maximum Gasteiger partial charge on any atom is 0.222 e. The molecule has 0 atom stereocenters. The number of allylic oxidation sites excluding steroid dienone is 1. The molecule has 2 aromatic heterocycles. The molecule has 10 heteroatoms. The number of phenols is 1. The number of halogens is 1. The Morgan fingerprint density at radius 3 is 2.77 bits per heavy atom. The van der Waals surface area contributed by atoms with Crippen molar-refractivity contribution in [2.45, 2.75) is 11.6 Å². The Morgan fingerprint density at radius 2 is 2.03 bits per heavy atom. The Labute approximate surface area is 190 Å². The van der Waals surface area contributed by atoms with Gasteiger partial charge < -0.3 is 20.3 Å². The van der Waals surface area contributed by atoms with Gasteiger partial charge in [-0.25, -0.2) is 15.0 Å². The SMILES string of the molecule is O=C1/C(=C/c2cc(OCc3cnc(NCCO)nc3)c(O)cc2Br)Sc2ncccc21. The first-order valence-electron chi connectivity index (χ1n) is 9.25. The molecule has 0 fully saturated rings. The van der Waals surface area contributed by atoms with Gasteiger partial charge in [0.15, 0.2) is 11.5 Å². The summed E-state index contributed by atoms with van der Waals surface area (Å²) in [6.07, 6.45) is 6.60. The molecular formula is C21H17BrN4O4S. The zero-order chi connectivity index (χ0) is 21.8. The van der Waals surface area contributed by atoms with E-state index in [9.17, 15) is 9.90 Å².